The van der Waals surface area contributed by atoms with Crippen LogP contribution in [0.4, 0.5) is 13.2 Å². The summed E-state index contributed by atoms with van der Waals surface area (Å²) in [5, 5.41) is 0. The van der Waals surface area contributed by atoms with E-state index in [1.165, 1.54) is 18.2 Å². The van der Waals surface area contributed by atoms with E-state index in [1.54, 1.807) is 6.92 Å². The van der Waals surface area contributed by atoms with Crippen LogP contribution >= 0.6 is 11.6 Å². The van der Waals surface area contributed by atoms with E-state index in [1.807, 2.05) is 0 Å². The van der Waals surface area contributed by atoms with E-state index in [9.17, 15) is 13.2 Å². The summed E-state index contributed by atoms with van der Waals surface area (Å²) in [6.07, 6.45) is -4.70. The monoisotopic (exact) mass is 254 g/mol. The fourth-order valence-corrected chi connectivity index (χ4v) is 1.35. The lowest BCUT2D eigenvalue weighted by atomic mass is 10.2. The first-order valence-corrected chi connectivity index (χ1v) is 5.07. The molecule has 0 N–H and O–H groups in total. The number of rotatable bonds is 4. The van der Waals surface area contributed by atoms with Crippen molar-refractivity contribution in [2.45, 2.75) is 19.2 Å². The maximum absolute atomic E-state index is 12.0. The van der Waals surface area contributed by atoms with E-state index in [2.05, 4.69) is 4.74 Å². The lowest BCUT2D eigenvalue weighted by Crippen LogP contribution is -2.17. The third-order valence-corrected chi connectivity index (χ3v) is 2.00. The molecule has 90 valence electrons. The molecule has 0 atom stereocenters. The van der Waals surface area contributed by atoms with Gasteiger partial charge in [-0.1, -0.05) is 6.07 Å². The highest BCUT2D eigenvalue weighted by molar-refractivity contribution is 6.17. The van der Waals surface area contributed by atoms with Crippen molar-refractivity contribution in [1.82, 2.24) is 0 Å². The minimum absolute atomic E-state index is 0.168. The molecule has 16 heavy (non-hydrogen) atoms. The molecule has 0 amide bonds. The second kappa shape index (κ2) is 5.30. The van der Waals surface area contributed by atoms with Gasteiger partial charge >= 0.3 is 6.36 Å². The molecule has 0 aliphatic carbocycles. The van der Waals surface area contributed by atoms with Gasteiger partial charge in [0.2, 0.25) is 0 Å². The fraction of sp³-hybridized carbons (Fsp3) is 0.400. The zero-order valence-electron chi connectivity index (χ0n) is 8.47. The summed E-state index contributed by atoms with van der Waals surface area (Å²) in [6.45, 7) is 2.08. The van der Waals surface area contributed by atoms with Gasteiger partial charge in [-0.3, -0.25) is 0 Å². The standard InChI is InChI=1S/C10H10ClF3O2/c1-2-15-9-5-8(16-10(12,13)14)4-3-7(9)6-11/h3-5H,2,6H2,1H3. The molecule has 0 spiro atoms. The number of benzene rings is 1. The van der Waals surface area contributed by atoms with Crippen molar-refractivity contribution < 1.29 is 22.6 Å². The SMILES string of the molecule is CCOc1cc(OC(F)(F)F)ccc1CCl. The third-order valence-electron chi connectivity index (χ3n) is 1.72. The summed E-state index contributed by atoms with van der Waals surface area (Å²) in [5.41, 5.74) is 0.623. The van der Waals surface area contributed by atoms with Gasteiger partial charge in [-0.05, 0) is 13.0 Å². The molecule has 1 aromatic carbocycles. The molecule has 0 bridgehead atoms. The maximum Gasteiger partial charge on any atom is 0.573 e. The van der Waals surface area contributed by atoms with Crippen LogP contribution in [0.3, 0.4) is 0 Å². The third kappa shape index (κ3) is 3.81. The van der Waals surface area contributed by atoms with Gasteiger partial charge in [-0.2, -0.15) is 0 Å². The van der Waals surface area contributed by atoms with Crippen molar-refractivity contribution in [2.75, 3.05) is 6.61 Å². The molecule has 1 aromatic rings. The van der Waals surface area contributed by atoms with E-state index >= 15 is 0 Å². The molecular formula is C10H10ClF3O2. The van der Waals surface area contributed by atoms with Crippen LogP contribution in [-0.2, 0) is 5.88 Å². The predicted molar refractivity (Wildman–Crippen MR) is 53.9 cm³/mol. The van der Waals surface area contributed by atoms with E-state index in [-0.39, 0.29) is 11.6 Å². The Morgan fingerprint density at radius 2 is 2.00 bits per heavy atom. The first kappa shape index (κ1) is 13.0. The highest BCUT2D eigenvalue weighted by atomic mass is 35.5. The first-order valence-electron chi connectivity index (χ1n) is 4.53. The number of alkyl halides is 4. The summed E-state index contributed by atoms with van der Waals surface area (Å²) < 4.78 is 44.8. The Labute approximate surface area is 95.9 Å². The summed E-state index contributed by atoms with van der Waals surface area (Å²) in [7, 11) is 0. The highest BCUT2D eigenvalue weighted by Gasteiger charge is 2.31. The number of halogens is 4. The molecule has 0 aliphatic rings. The predicted octanol–water partition coefficient (Wildman–Crippen LogP) is 3.72. The Balaban J connectivity index is 2.93. The second-order valence-electron chi connectivity index (χ2n) is 2.88. The molecule has 0 heterocycles. The van der Waals surface area contributed by atoms with Gasteiger partial charge in [-0.15, -0.1) is 24.8 Å². The van der Waals surface area contributed by atoms with E-state index in [0.29, 0.717) is 17.9 Å². The maximum atomic E-state index is 12.0. The Morgan fingerprint density at radius 1 is 1.31 bits per heavy atom. The van der Waals surface area contributed by atoms with Crippen LogP contribution in [-0.4, -0.2) is 13.0 Å². The molecule has 0 aliphatic heterocycles. The van der Waals surface area contributed by atoms with Crippen molar-refractivity contribution in [3.63, 3.8) is 0 Å². The molecular weight excluding hydrogens is 245 g/mol. The molecule has 2 nitrogen and oxygen atoms in total. The minimum atomic E-state index is -4.70. The van der Waals surface area contributed by atoms with E-state index < -0.39 is 6.36 Å². The van der Waals surface area contributed by atoms with Crippen LogP contribution < -0.4 is 9.47 Å². The summed E-state index contributed by atoms with van der Waals surface area (Å²) in [4.78, 5) is 0. The summed E-state index contributed by atoms with van der Waals surface area (Å²) in [5.74, 6) is 0.158. The van der Waals surface area contributed by atoms with E-state index in [4.69, 9.17) is 16.3 Å². The Hall–Kier alpha value is -1.10. The largest absolute Gasteiger partial charge is 0.573 e. The zero-order valence-corrected chi connectivity index (χ0v) is 9.23. The van der Waals surface area contributed by atoms with Gasteiger partial charge in [0.05, 0.1) is 12.5 Å². The number of ether oxygens (including phenoxy) is 2. The van der Waals surface area contributed by atoms with Crippen LogP contribution in [0, 0.1) is 0 Å². The highest BCUT2D eigenvalue weighted by Crippen LogP contribution is 2.29. The first-order chi connectivity index (χ1) is 7.46. The van der Waals surface area contributed by atoms with Crippen LogP contribution in [0.15, 0.2) is 18.2 Å². The minimum Gasteiger partial charge on any atom is -0.493 e. The van der Waals surface area contributed by atoms with Crippen LogP contribution in [0.1, 0.15) is 12.5 Å². The average molecular weight is 255 g/mol. The van der Waals surface area contributed by atoms with Crippen molar-refractivity contribution >= 4 is 11.6 Å². The quantitative estimate of drug-likeness (QED) is 0.763. The molecule has 0 saturated carbocycles. The topological polar surface area (TPSA) is 18.5 Å². The summed E-state index contributed by atoms with van der Waals surface area (Å²) >= 11 is 5.61. The Morgan fingerprint density at radius 3 is 2.50 bits per heavy atom. The van der Waals surface area contributed by atoms with Crippen LogP contribution in [0.25, 0.3) is 0 Å². The molecule has 1 rings (SSSR count). The van der Waals surface area contributed by atoms with Gasteiger partial charge in [0.25, 0.3) is 0 Å². The Bertz CT molecular complexity index is 352. The Kier molecular flexibility index (Phi) is 4.29. The van der Waals surface area contributed by atoms with Gasteiger partial charge < -0.3 is 9.47 Å². The van der Waals surface area contributed by atoms with Gasteiger partial charge in [0.15, 0.2) is 0 Å². The second-order valence-corrected chi connectivity index (χ2v) is 3.15. The number of hydrogen-bond donors (Lipinski definition) is 0. The van der Waals surface area contributed by atoms with Crippen molar-refractivity contribution in [1.29, 1.82) is 0 Å². The molecule has 0 fully saturated rings. The van der Waals surface area contributed by atoms with E-state index in [0.717, 1.165) is 0 Å². The lowest BCUT2D eigenvalue weighted by molar-refractivity contribution is -0.274. The lowest BCUT2D eigenvalue weighted by Gasteiger charge is -2.12. The normalized spacial score (nSPS) is 11.3. The van der Waals surface area contributed by atoms with Crippen molar-refractivity contribution in [3.05, 3.63) is 23.8 Å². The molecule has 0 unspecified atom stereocenters. The van der Waals surface area contributed by atoms with Crippen LogP contribution in [0.2, 0.25) is 0 Å². The average Bonchev–Trinajstić information content (AvgIpc) is 2.16. The molecule has 0 radical (unpaired) electrons. The number of hydrogen-bond acceptors (Lipinski definition) is 2. The fourth-order valence-electron chi connectivity index (χ4n) is 1.13. The zero-order chi connectivity index (χ0) is 12.2. The van der Waals surface area contributed by atoms with Gasteiger partial charge in [0.1, 0.15) is 11.5 Å². The molecule has 0 aromatic heterocycles. The smallest absolute Gasteiger partial charge is 0.493 e. The van der Waals surface area contributed by atoms with Crippen LogP contribution in [0.5, 0.6) is 11.5 Å². The van der Waals surface area contributed by atoms with Crippen molar-refractivity contribution in [2.24, 2.45) is 0 Å². The summed E-state index contributed by atoms with van der Waals surface area (Å²) in [6, 6.07) is 3.82. The van der Waals surface area contributed by atoms with Crippen molar-refractivity contribution in [3.8, 4) is 11.5 Å². The van der Waals surface area contributed by atoms with Gasteiger partial charge in [-0.25, -0.2) is 0 Å². The molecule has 0 saturated heterocycles. The van der Waals surface area contributed by atoms with Gasteiger partial charge in [0, 0.05) is 11.6 Å². The molecule has 6 heteroatoms.